The highest BCUT2D eigenvalue weighted by molar-refractivity contribution is 8.15. The first-order valence-electron chi connectivity index (χ1n) is 13.4. The van der Waals surface area contributed by atoms with Crippen LogP contribution in [0.25, 0.3) is 0 Å². The lowest BCUT2D eigenvalue weighted by atomic mass is 9.59. The molecule has 0 spiro atoms. The summed E-state index contributed by atoms with van der Waals surface area (Å²) >= 11 is 4.07. The van der Waals surface area contributed by atoms with Gasteiger partial charge in [0.15, 0.2) is 6.04 Å². The van der Waals surface area contributed by atoms with Gasteiger partial charge in [0.25, 0.3) is 0 Å². The van der Waals surface area contributed by atoms with E-state index in [9.17, 15) is 5.11 Å². The van der Waals surface area contributed by atoms with Crippen LogP contribution >= 0.6 is 23.1 Å². The number of hydrogen-bond acceptors (Lipinski definition) is 4. The van der Waals surface area contributed by atoms with Gasteiger partial charge in [-0.05, 0) is 99.5 Å². The molecule has 4 heterocycles. The number of rotatable bonds is 3. The number of aliphatic hydroxyl groups excluding tert-OH is 1. The van der Waals surface area contributed by atoms with Crippen molar-refractivity contribution in [2.75, 3.05) is 20.1 Å². The van der Waals surface area contributed by atoms with Crippen molar-refractivity contribution < 1.29 is 9.68 Å². The van der Waals surface area contributed by atoms with Gasteiger partial charge in [0.05, 0.1) is 11.4 Å². The van der Waals surface area contributed by atoms with Gasteiger partial charge in [0.1, 0.15) is 7.05 Å². The predicted octanol–water partition coefficient (Wildman–Crippen LogP) is 5.60. The predicted molar refractivity (Wildman–Crippen MR) is 140 cm³/mol. The highest BCUT2D eigenvalue weighted by Crippen LogP contribution is 2.50. The first-order valence-corrected chi connectivity index (χ1v) is 15.2. The van der Waals surface area contributed by atoms with Crippen LogP contribution in [0.3, 0.4) is 0 Å². The molecule has 1 aromatic rings. The van der Waals surface area contributed by atoms with Gasteiger partial charge in [-0.25, -0.2) is 4.58 Å². The van der Waals surface area contributed by atoms with Crippen LogP contribution in [0.1, 0.15) is 69.6 Å². The second-order valence-electron chi connectivity index (χ2n) is 11.6. The zero-order chi connectivity index (χ0) is 22.7. The first-order chi connectivity index (χ1) is 16.0. The van der Waals surface area contributed by atoms with Crippen molar-refractivity contribution in [2.45, 2.75) is 88.1 Å². The maximum atomic E-state index is 11.6. The van der Waals surface area contributed by atoms with Crippen LogP contribution in [-0.2, 0) is 0 Å². The van der Waals surface area contributed by atoms with E-state index in [1.165, 1.54) is 68.7 Å². The summed E-state index contributed by atoms with van der Waals surface area (Å²) in [6.45, 7) is 7.28. The molecule has 180 valence electrons. The average molecular weight is 486 g/mol. The Labute approximate surface area is 208 Å². The molecular weight excluding hydrogens is 444 g/mol. The molecule has 1 aromatic heterocycles. The van der Waals surface area contributed by atoms with E-state index in [0.29, 0.717) is 29.8 Å². The zero-order valence-corrected chi connectivity index (χ0v) is 22.2. The molecule has 2 saturated heterocycles. The Balaban J connectivity index is 1.24. The molecular formula is C28H41N2OS2+. The molecule has 1 N–H and O–H groups in total. The monoisotopic (exact) mass is 485 g/mol. The van der Waals surface area contributed by atoms with E-state index in [4.69, 9.17) is 0 Å². The largest absolute Gasteiger partial charge is 0.392 e. The van der Waals surface area contributed by atoms with Gasteiger partial charge >= 0.3 is 0 Å². The molecule has 9 unspecified atom stereocenters. The third-order valence-electron chi connectivity index (χ3n) is 9.94. The second kappa shape index (κ2) is 9.11. The minimum absolute atomic E-state index is 0.181. The lowest BCUT2D eigenvalue weighted by molar-refractivity contribution is -0.534. The van der Waals surface area contributed by atoms with Gasteiger partial charge in [-0.2, -0.15) is 0 Å². The van der Waals surface area contributed by atoms with Gasteiger partial charge in [-0.15, -0.1) is 11.3 Å². The molecule has 4 fully saturated rings. The van der Waals surface area contributed by atoms with Crippen molar-refractivity contribution in [2.24, 2.45) is 23.7 Å². The highest BCUT2D eigenvalue weighted by atomic mass is 32.2. The first kappa shape index (κ1) is 22.8. The van der Waals surface area contributed by atoms with Gasteiger partial charge in [-0.3, -0.25) is 4.90 Å². The molecule has 3 aliphatic heterocycles. The van der Waals surface area contributed by atoms with E-state index < -0.39 is 0 Å². The van der Waals surface area contributed by atoms with Crippen LogP contribution in [0.4, 0.5) is 0 Å². The SMILES string of the molecule is CC(=CC1C(C)C2CCCN3CCCC(C1O)C23)C1=[N+](C)C2CC(c3cccs3)CCC2S1. The second-order valence-corrected chi connectivity index (χ2v) is 13.8. The Morgan fingerprint density at radius 1 is 1.15 bits per heavy atom. The van der Waals surface area contributed by atoms with Crippen molar-refractivity contribution >= 4 is 28.1 Å². The van der Waals surface area contributed by atoms with Crippen molar-refractivity contribution in [3.05, 3.63) is 34.0 Å². The molecule has 5 heteroatoms. The van der Waals surface area contributed by atoms with E-state index >= 15 is 0 Å². The molecule has 0 amide bonds. The summed E-state index contributed by atoms with van der Waals surface area (Å²) in [5, 5.41) is 16.0. The van der Waals surface area contributed by atoms with Gasteiger partial charge in [0.2, 0.25) is 5.04 Å². The van der Waals surface area contributed by atoms with E-state index in [-0.39, 0.29) is 6.10 Å². The fourth-order valence-electron chi connectivity index (χ4n) is 8.30. The molecule has 33 heavy (non-hydrogen) atoms. The Hall–Kier alpha value is -0.620. The molecule has 5 aliphatic rings. The maximum absolute atomic E-state index is 11.6. The number of aliphatic hydroxyl groups is 1. The number of hydrogen-bond donors (Lipinski definition) is 1. The standard InChI is InChI=1S/C28H41N2OS2/c1-17(28-29(3)23-16-19(10-11-25(23)33-28)24-9-6-14-32-24)15-22-18(2)20-7-4-12-30-13-5-8-21(26(20)30)27(22)31/h6,9,14-15,18-23,25-27,31H,4-5,7-8,10-13,16H2,1-3H3/q+1. The zero-order valence-electron chi connectivity index (χ0n) is 20.5. The summed E-state index contributed by atoms with van der Waals surface area (Å²) in [4.78, 5) is 4.31. The Morgan fingerprint density at radius 2 is 1.94 bits per heavy atom. The molecule has 0 bridgehead atoms. The Bertz CT molecular complexity index is 900. The molecule has 9 atom stereocenters. The molecule has 0 radical (unpaired) electrons. The van der Waals surface area contributed by atoms with Crippen LogP contribution in [-0.4, -0.2) is 63.2 Å². The summed E-state index contributed by atoms with van der Waals surface area (Å²) in [6.07, 6.45) is 11.4. The number of nitrogens with zero attached hydrogens (tertiary/aromatic N) is 2. The van der Waals surface area contributed by atoms with Crippen LogP contribution < -0.4 is 0 Å². The van der Waals surface area contributed by atoms with Crippen LogP contribution in [0.5, 0.6) is 0 Å². The molecule has 2 saturated carbocycles. The van der Waals surface area contributed by atoms with Gasteiger partial charge in [0, 0.05) is 34.7 Å². The quantitative estimate of drug-likeness (QED) is 0.564. The molecule has 0 aromatic carbocycles. The lowest BCUT2D eigenvalue weighted by Gasteiger charge is -2.57. The highest BCUT2D eigenvalue weighted by Gasteiger charge is 2.52. The molecule has 3 nitrogen and oxygen atoms in total. The fourth-order valence-corrected chi connectivity index (χ4v) is 10.7. The smallest absolute Gasteiger partial charge is 0.237 e. The third kappa shape index (κ3) is 3.90. The van der Waals surface area contributed by atoms with E-state index in [1.807, 2.05) is 11.3 Å². The average Bonchev–Trinajstić information content (AvgIpc) is 3.48. The minimum Gasteiger partial charge on any atom is -0.392 e. The Morgan fingerprint density at radius 3 is 2.70 bits per heavy atom. The van der Waals surface area contributed by atoms with Gasteiger partial charge in [-0.1, -0.05) is 19.1 Å². The van der Waals surface area contributed by atoms with Crippen molar-refractivity contribution in [1.29, 1.82) is 0 Å². The molecule has 2 aliphatic carbocycles. The number of piperidine rings is 2. The van der Waals surface area contributed by atoms with Gasteiger partial charge < -0.3 is 5.11 Å². The van der Waals surface area contributed by atoms with E-state index in [1.54, 1.807) is 4.88 Å². The maximum Gasteiger partial charge on any atom is 0.237 e. The third-order valence-corrected chi connectivity index (χ3v) is 12.7. The number of thiophene rings is 1. The van der Waals surface area contributed by atoms with Crippen LogP contribution in [0, 0.1) is 23.7 Å². The summed E-state index contributed by atoms with van der Waals surface area (Å²) < 4.78 is 2.60. The summed E-state index contributed by atoms with van der Waals surface area (Å²) in [5.41, 5.74) is 1.42. The lowest BCUT2D eigenvalue weighted by Crippen LogP contribution is -2.62. The minimum atomic E-state index is -0.181. The van der Waals surface area contributed by atoms with Crippen LogP contribution in [0.2, 0.25) is 0 Å². The summed E-state index contributed by atoms with van der Waals surface area (Å²) in [7, 11) is 2.33. The number of thioether (sulfide) groups is 1. The normalized spacial score (nSPS) is 44.0. The van der Waals surface area contributed by atoms with E-state index in [2.05, 4.69) is 65.7 Å². The summed E-state index contributed by atoms with van der Waals surface area (Å²) in [5.74, 6) is 2.84. The fraction of sp³-hybridized carbons (Fsp3) is 0.750. The topological polar surface area (TPSA) is 26.5 Å². The molecule has 6 rings (SSSR count). The van der Waals surface area contributed by atoms with E-state index in [0.717, 1.165) is 17.1 Å². The number of fused-ring (bicyclic) bond motifs is 1. The van der Waals surface area contributed by atoms with Crippen LogP contribution in [0.15, 0.2) is 29.2 Å². The van der Waals surface area contributed by atoms with Crippen molar-refractivity contribution in [3.8, 4) is 0 Å². The summed E-state index contributed by atoms with van der Waals surface area (Å²) in [6, 6.07) is 5.83. The Kier molecular flexibility index (Phi) is 6.30. The van der Waals surface area contributed by atoms with Crippen molar-refractivity contribution in [1.82, 2.24) is 4.90 Å². The van der Waals surface area contributed by atoms with Crippen molar-refractivity contribution in [3.63, 3.8) is 0 Å².